The van der Waals surface area contributed by atoms with E-state index >= 15 is 0 Å². The molecule has 1 fully saturated rings. The summed E-state index contributed by atoms with van der Waals surface area (Å²) in [5.74, 6) is -3.98. The Bertz CT molecular complexity index is 456. The van der Waals surface area contributed by atoms with Gasteiger partial charge < -0.3 is 35.4 Å². The van der Waals surface area contributed by atoms with Gasteiger partial charge in [0.15, 0.2) is 0 Å². The average Bonchev–Trinajstić information content (AvgIpc) is 2.27. The predicted octanol–water partition coefficient (Wildman–Crippen LogP) is -3.87. The van der Waals surface area contributed by atoms with E-state index < -0.39 is 51.4 Å². The highest BCUT2D eigenvalue weighted by molar-refractivity contribution is 7.87. The summed E-state index contributed by atoms with van der Waals surface area (Å²) in [6, 6.07) is 0. The number of ether oxygens (including phenoxy) is 1. The first kappa shape index (κ1) is 17.7. The molecule has 1 aliphatic heterocycles. The Morgan fingerprint density at radius 3 is 1.80 bits per heavy atom. The lowest BCUT2D eigenvalue weighted by Crippen LogP contribution is -2.72. The van der Waals surface area contributed by atoms with E-state index in [2.05, 4.69) is 0 Å². The monoisotopic (exact) mass is 318 g/mol. The summed E-state index contributed by atoms with van der Waals surface area (Å²) < 4.78 is 33.6. The van der Waals surface area contributed by atoms with Crippen LogP contribution in [-0.4, -0.2) is 84.8 Å². The average molecular weight is 318 g/mol. The molecule has 0 bridgehead atoms. The molecule has 0 saturated carbocycles. The first-order valence-corrected chi connectivity index (χ1v) is 7.03. The summed E-state index contributed by atoms with van der Waals surface area (Å²) in [5, 5.41) is 56.4. The van der Waals surface area contributed by atoms with Crippen molar-refractivity contribution in [2.24, 2.45) is 0 Å². The van der Waals surface area contributed by atoms with Crippen molar-refractivity contribution in [1.29, 1.82) is 0 Å². The van der Waals surface area contributed by atoms with Gasteiger partial charge in [-0.05, 0) is 13.8 Å². The Hall–Kier alpha value is -0.370. The molecule has 0 radical (unpaired) electrons. The van der Waals surface area contributed by atoms with E-state index in [1.165, 1.54) is 6.92 Å². The molecule has 0 aromatic rings. The molecule has 1 aliphatic rings. The third-order valence-corrected chi connectivity index (χ3v) is 5.17. The summed E-state index contributed by atoms with van der Waals surface area (Å²) in [5.41, 5.74) is 0. The second-order valence-electron chi connectivity index (χ2n) is 4.95. The Labute approximate surface area is 114 Å². The third kappa shape index (κ3) is 2.56. The first-order chi connectivity index (χ1) is 8.75. The lowest BCUT2D eigenvalue weighted by atomic mass is 9.87. The van der Waals surface area contributed by atoms with Crippen LogP contribution < -0.4 is 0 Å². The van der Waals surface area contributed by atoms with Crippen molar-refractivity contribution >= 4 is 10.1 Å². The molecule has 1 saturated heterocycles. The summed E-state index contributed by atoms with van der Waals surface area (Å²) in [6.45, 7) is 1.72. The Morgan fingerprint density at radius 2 is 1.45 bits per heavy atom. The SMILES string of the molecule is C[C@H]1OC(C(C)(C(O)(O)O)S(=O)(=O)O)[C@H](O)[C@@H](O)[C@@H]1O. The van der Waals surface area contributed by atoms with E-state index in [-0.39, 0.29) is 0 Å². The van der Waals surface area contributed by atoms with Gasteiger partial charge in [0.05, 0.1) is 6.10 Å². The molecule has 1 rings (SSSR count). The van der Waals surface area contributed by atoms with Crippen LogP contribution in [0.2, 0.25) is 0 Å². The van der Waals surface area contributed by atoms with Crippen LogP contribution in [0.5, 0.6) is 0 Å². The number of rotatable bonds is 3. The second kappa shape index (κ2) is 5.12. The minimum absolute atomic E-state index is 0.507. The largest absolute Gasteiger partial charge is 0.388 e. The molecule has 20 heavy (non-hydrogen) atoms. The molecule has 7 N–H and O–H groups in total. The lowest BCUT2D eigenvalue weighted by Gasteiger charge is -2.47. The number of hydrogen-bond acceptors (Lipinski definition) is 9. The minimum Gasteiger partial charge on any atom is -0.388 e. The lowest BCUT2D eigenvalue weighted by molar-refractivity contribution is -0.356. The van der Waals surface area contributed by atoms with E-state index in [0.717, 1.165) is 0 Å². The first-order valence-electron chi connectivity index (χ1n) is 5.59. The van der Waals surface area contributed by atoms with Gasteiger partial charge in [0.1, 0.15) is 24.4 Å². The van der Waals surface area contributed by atoms with Crippen molar-refractivity contribution < 1.29 is 48.3 Å². The van der Waals surface area contributed by atoms with Gasteiger partial charge in [-0.2, -0.15) is 8.42 Å². The van der Waals surface area contributed by atoms with Gasteiger partial charge in [0.25, 0.3) is 10.1 Å². The molecule has 0 aromatic carbocycles. The molecule has 0 amide bonds. The highest BCUT2D eigenvalue weighted by atomic mass is 32.2. The minimum atomic E-state index is -5.35. The molecule has 120 valence electrons. The van der Waals surface area contributed by atoms with Crippen molar-refractivity contribution in [2.45, 2.75) is 55.1 Å². The molecule has 0 spiro atoms. The fourth-order valence-electron chi connectivity index (χ4n) is 2.02. The third-order valence-electron chi connectivity index (χ3n) is 3.60. The van der Waals surface area contributed by atoms with Crippen LogP contribution in [0.4, 0.5) is 0 Å². The Morgan fingerprint density at radius 1 is 1.00 bits per heavy atom. The summed E-state index contributed by atoms with van der Waals surface area (Å²) in [7, 11) is -5.35. The van der Waals surface area contributed by atoms with Gasteiger partial charge in [-0.1, -0.05) is 0 Å². The van der Waals surface area contributed by atoms with Crippen LogP contribution in [0.3, 0.4) is 0 Å². The molecule has 2 unspecified atom stereocenters. The van der Waals surface area contributed by atoms with E-state index in [1.54, 1.807) is 0 Å². The number of aliphatic hydroxyl groups is 6. The predicted molar refractivity (Wildman–Crippen MR) is 61.7 cm³/mol. The van der Waals surface area contributed by atoms with Gasteiger partial charge >= 0.3 is 5.97 Å². The van der Waals surface area contributed by atoms with E-state index in [4.69, 9.17) is 9.29 Å². The van der Waals surface area contributed by atoms with Crippen LogP contribution in [0.25, 0.3) is 0 Å². The smallest absolute Gasteiger partial charge is 0.301 e. The molecule has 10 nitrogen and oxygen atoms in total. The van der Waals surface area contributed by atoms with Crippen molar-refractivity contribution in [2.75, 3.05) is 0 Å². The number of hydrogen-bond donors (Lipinski definition) is 7. The highest BCUT2D eigenvalue weighted by Crippen LogP contribution is 2.38. The molecular formula is C9H18O10S. The Kier molecular flexibility index (Phi) is 4.53. The standard InChI is InChI=1S/C9H18O10S/c1-3-4(10)5(11)6(12)7(19-3)8(2,9(13,14)15)20(16,17)18/h3-7,10-15H,1-2H3,(H,16,17,18)/t3-,4-,5+,6-,7?,8?/m1/s1. The summed E-state index contributed by atoms with van der Waals surface area (Å²) in [6.07, 6.45) is -8.89. The molecule has 11 heteroatoms. The molecular weight excluding hydrogens is 300 g/mol. The summed E-state index contributed by atoms with van der Waals surface area (Å²) >= 11 is 0. The molecule has 0 aromatic heterocycles. The van der Waals surface area contributed by atoms with Gasteiger partial charge in [-0.3, -0.25) is 4.55 Å². The van der Waals surface area contributed by atoms with E-state index in [1.807, 2.05) is 0 Å². The zero-order valence-electron chi connectivity index (χ0n) is 10.7. The normalized spacial score (nSPS) is 39.4. The van der Waals surface area contributed by atoms with Gasteiger partial charge in [0.2, 0.25) is 4.75 Å². The maximum Gasteiger partial charge on any atom is 0.301 e. The van der Waals surface area contributed by atoms with Gasteiger partial charge in [0, 0.05) is 0 Å². The van der Waals surface area contributed by atoms with Crippen LogP contribution in [0.15, 0.2) is 0 Å². The van der Waals surface area contributed by atoms with Crippen molar-refractivity contribution in [1.82, 2.24) is 0 Å². The van der Waals surface area contributed by atoms with Gasteiger partial charge in [-0.25, -0.2) is 0 Å². The van der Waals surface area contributed by atoms with Gasteiger partial charge in [-0.15, -0.1) is 0 Å². The van der Waals surface area contributed by atoms with Crippen LogP contribution in [-0.2, 0) is 14.9 Å². The second-order valence-corrected chi connectivity index (χ2v) is 6.75. The fourth-order valence-corrected chi connectivity index (χ4v) is 2.85. The topological polar surface area (TPSA) is 185 Å². The van der Waals surface area contributed by atoms with E-state index in [0.29, 0.717) is 6.92 Å². The van der Waals surface area contributed by atoms with Crippen molar-refractivity contribution in [3.63, 3.8) is 0 Å². The maximum atomic E-state index is 11.4. The Balaban J connectivity index is 3.37. The van der Waals surface area contributed by atoms with Crippen LogP contribution >= 0.6 is 0 Å². The number of aliphatic hydroxyl groups excluding tert-OH is 3. The van der Waals surface area contributed by atoms with E-state index in [9.17, 15) is 39.1 Å². The van der Waals surface area contributed by atoms with Crippen LogP contribution in [0.1, 0.15) is 13.8 Å². The van der Waals surface area contributed by atoms with Crippen molar-refractivity contribution in [3.8, 4) is 0 Å². The zero-order valence-corrected chi connectivity index (χ0v) is 11.5. The quantitative estimate of drug-likeness (QED) is 0.200. The maximum absolute atomic E-state index is 11.4. The molecule has 0 aliphatic carbocycles. The zero-order chi connectivity index (χ0) is 16.1. The summed E-state index contributed by atoms with van der Waals surface area (Å²) in [4.78, 5) is 0. The fraction of sp³-hybridized carbons (Fsp3) is 1.00. The highest BCUT2D eigenvalue weighted by Gasteiger charge is 2.65. The molecule has 1 heterocycles. The van der Waals surface area contributed by atoms with Crippen molar-refractivity contribution in [3.05, 3.63) is 0 Å². The van der Waals surface area contributed by atoms with Crippen LogP contribution in [0, 0.1) is 0 Å². The molecule has 6 atom stereocenters.